The Morgan fingerprint density at radius 3 is 2.51 bits per heavy atom. The van der Waals surface area contributed by atoms with E-state index < -0.39 is 0 Å². The number of aryl methyl sites for hydroxylation is 3. The highest BCUT2D eigenvalue weighted by molar-refractivity contribution is 5.76. The average molecular weight is 468 g/mol. The van der Waals surface area contributed by atoms with Gasteiger partial charge in [-0.05, 0) is 63.1 Å². The maximum atomic E-state index is 5.67. The van der Waals surface area contributed by atoms with Gasteiger partial charge in [-0.25, -0.2) is 19.6 Å². The predicted molar refractivity (Wildman–Crippen MR) is 136 cm³/mol. The molecule has 4 aromatic heterocycles. The first-order valence-electron chi connectivity index (χ1n) is 12.0. The Bertz CT molecular complexity index is 1420. The number of hydrogen-bond donors (Lipinski definition) is 0. The summed E-state index contributed by atoms with van der Waals surface area (Å²) in [5.74, 6) is 2.35. The first-order valence-corrected chi connectivity index (χ1v) is 12.0. The molecule has 0 N–H and O–H groups in total. The van der Waals surface area contributed by atoms with Crippen molar-refractivity contribution in [2.75, 3.05) is 13.2 Å². The maximum absolute atomic E-state index is 5.67. The molecular weight excluding hydrogens is 438 g/mol. The van der Waals surface area contributed by atoms with Crippen molar-refractivity contribution in [1.82, 2.24) is 34.3 Å². The molecule has 0 radical (unpaired) electrons. The molecule has 0 spiro atoms. The highest BCUT2D eigenvalue weighted by atomic mass is 16.5. The quantitative estimate of drug-likeness (QED) is 0.283. The van der Waals surface area contributed by atoms with Crippen molar-refractivity contribution >= 4 is 11.0 Å². The number of para-hydroxylation sites is 2. The fourth-order valence-electron chi connectivity index (χ4n) is 4.15. The Hall–Kier alpha value is -3.91. The molecule has 8 nitrogen and oxygen atoms in total. The van der Waals surface area contributed by atoms with Crippen molar-refractivity contribution in [3.8, 4) is 22.9 Å². The molecule has 0 aliphatic heterocycles. The summed E-state index contributed by atoms with van der Waals surface area (Å²) in [7, 11) is 0. The minimum Gasteiger partial charge on any atom is -0.381 e. The second kappa shape index (κ2) is 10.1. The fourth-order valence-corrected chi connectivity index (χ4v) is 4.15. The van der Waals surface area contributed by atoms with E-state index in [0.29, 0.717) is 12.4 Å². The Balaban J connectivity index is 1.45. The standard InChI is InChI=1S/C27H29N7O/c1-4-13-35-14-7-10-26-31-27(32-34(26)22-15-19(2)30-20(3)16-22)21-11-12-25(28-17-21)33-18-29-23-8-5-6-9-24(23)33/h5-6,8-9,11-12,15-18H,4,7,10,13-14H2,1-3H3. The van der Waals surface area contributed by atoms with Crippen LogP contribution in [0.1, 0.15) is 37.0 Å². The van der Waals surface area contributed by atoms with Crippen molar-refractivity contribution in [3.05, 3.63) is 78.3 Å². The molecular formula is C27H29N7O. The van der Waals surface area contributed by atoms with Crippen LogP contribution >= 0.6 is 0 Å². The lowest BCUT2D eigenvalue weighted by atomic mass is 10.2. The molecule has 178 valence electrons. The third-order valence-electron chi connectivity index (χ3n) is 5.73. The van der Waals surface area contributed by atoms with E-state index in [1.165, 1.54) is 0 Å². The van der Waals surface area contributed by atoms with E-state index in [1.807, 2.05) is 77.8 Å². The van der Waals surface area contributed by atoms with Gasteiger partial charge in [0.1, 0.15) is 18.0 Å². The molecule has 0 saturated heterocycles. The second-order valence-corrected chi connectivity index (χ2v) is 8.60. The van der Waals surface area contributed by atoms with Gasteiger partial charge in [0.2, 0.25) is 0 Å². The SMILES string of the molecule is CCCOCCCc1nc(-c2ccc(-n3cnc4ccccc43)nc2)nn1-c1cc(C)nc(C)c1. The smallest absolute Gasteiger partial charge is 0.183 e. The lowest BCUT2D eigenvalue weighted by molar-refractivity contribution is 0.132. The van der Waals surface area contributed by atoms with Crippen LogP contribution in [-0.2, 0) is 11.2 Å². The number of benzene rings is 1. The van der Waals surface area contributed by atoms with E-state index in [4.69, 9.17) is 14.8 Å². The van der Waals surface area contributed by atoms with Gasteiger partial charge < -0.3 is 4.74 Å². The van der Waals surface area contributed by atoms with E-state index >= 15 is 0 Å². The Labute approximate surface area is 204 Å². The van der Waals surface area contributed by atoms with Crippen LogP contribution in [0.25, 0.3) is 33.9 Å². The zero-order valence-corrected chi connectivity index (χ0v) is 20.3. The monoisotopic (exact) mass is 467 g/mol. The molecule has 4 heterocycles. The summed E-state index contributed by atoms with van der Waals surface area (Å²) >= 11 is 0. The van der Waals surface area contributed by atoms with E-state index in [2.05, 4.69) is 21.9 Å². The highest BCUT2D eigenvalue weighted by Crippen LogP contribution is 2.22. The molecule has 0 fully saturated rings. The van der Waals surface area contributed by atoms with Gasteiger partial charge in [-0.2, -0.15) is 0 Å². The number of nitrogens with zero attached hydrogens (tertiary/aromatic N) is 7. The van der Waals surface area contributed by atoms with Gasteiger partial charge >= 0.3 is 0 Å². The number of imidazole rings is 1. The van der Waals surface area contributed by atoms with Crippen LogP contribution in [0.2, 0.25) is 0 Å². The van der Waals surface area contributed by atoms with Gasteiger partial charge in [0.05, 0.1) is 16.7 Å². The average Bonchev–Trinajstić information content (AvgIpc) is 3.48. The number of ether oxygens (including phenoxy) is 1. The fraction of sp³-hybridized carbons (Fsp3) is 0.296. The third-order valence-corrected chi connectivity index (χ3v) is 5.73. The Kier molecular flexibility index (Phi) is 6.63. The molecule has 5 aromatic rings. The zero-order valence-electron chi connectivity index (χ0n) is 20.3. The van der Waals surface area contributed by atoms with Crippen LogP contribution in [0.3, 0.4) is 0 Å². The van der Waals surface area contributed by atoms with E-state index in [0.717, 1.165) is 71.2 Å². The molecule has 0 aliphatic rings. The lowest BCUT2D eigenvalue weighted by Gasteiger charge is -2.08. The van der Waals surface area contributed by atoms with Gasteiger partial charge in [-0.1, -0.05) is 19.1 Å². The van der Waals surface area contributed by atoms with Gasteiger partial charge in [0.25, 0.3) is 0 Å². The molecule has 0 atom stereocenters. The minimum absolute atomic E-state index is 0.649. The third kappa shape index (κ3) is 4.97. The summed E-state index contributed by atoms with van der Waals surface area (Å²) in [5.41, 5.74) is 5.69. The minimum atomic E-state index is 0.649. The summed E-state index contributed by atoms with van der Waals surface area (Å²) < 4.78 is 9.58. The van der Waals surface area contributed by atoms with E-state index in [9.17, 15) is 0 Å². The van der Waals surface area contributed by atoms with Crippen LogP contribution in [0.4, 0.5) is 0 Å². The van der Waals surface area contributed by atoms with Crippen molar-refractivity contribution < 1.29 is 4.74 Å². The van der Waals surface area contributed by atoms with Crippen molar-refractivity contribution in [2.45, 2.75) is 40.0 Å². The molecule has 1 aromatic carbocycles. The first kappa shape index (κ1) is 22.9. The van der Waals surface area contributed by atoms with Crippen molar-refractivity contribution in [3.63, 3.8) is 0 Å². The van der Waals surface area contributed by atoms with Gasteiger partial charge in [-0.15, -0.1) is 5.10 Å². The zero-order chi connectivity index (χ0) is 24.2. The van der Waals surface area contributed by atoms with Crippen LogP contribution in [0.5, 0.6) is 0 Å². The van der Waals surface area contributed by atoms with Gasteiger partial charge in [0, 0.05) is 42.8 Å². The molecule has 0 amide bonds. The van der Waals surface area contributed by atoms with E-state index in [1.54, 1.807) is 6.33 Å². The van der Waals surface area contributed by atoms with Gasteiger partial charge in [-0.3, -0.25) is 9.55 Å². The van der Waals surface area contributed by atoms with Crippen LogP contribution in [0.15, 0.2) is 61.1 Å². The Morgan fingerprint density at radius 2 is 1.74 bits per heavy atom. The van der Waals surface area contributed by atoms with Crippen LogP contribution in [-0.4, -0.2) is 47.5 Å². The molecule has 0 saturated carbocycles. The van der Waals surface area contributed by atoms with Gasteiger partial charge in [0.15, 0.2) is 5.82 Å². The number of rotatable bonds is 9. The summed E-state index contributed by atoms with van der Waals surface area (Å²) in [4.78, 5) is 18.6. The topological polar surface area (TPSA) is 83.5 Å². The lowest BCUT2D eigenvalue weighted by Crippen LogP contribution is -2.06. The van der Waals surface area contributed by atoms with Crippen LogP contribution in [0, 0.1) is 13.8 Å². The second-order valence-electron chi connectivity index (χ2n) is 8.60. The molecule has 35 heavy (non-hydrogen) atoms. The summed E-state index contributed by atoms with van der Waals surface area (Å²) in [5, 5.41) is 4.87. The number of hydrogen-bond acceptors (Lipinski definition) is 6. The molecule has 0 bridgehead atoms. The van der Waals surface area contributed by atoms with E-state index in [-0.39, 0.29) is 0 Å². The number of pyridine rings is 2. The van der Waals surface area contributed by atoms with Crippen molar-refractivity contribution in [1.29, 1.82) is 0 Å². The number of fused-ring (bicyclic) bond motifs is 1. The summed E-state index contributed by atoms with van der Waals surface area (Å²) in [6, 6.07) is 16.1. The van der Waals surface area contributed by atoms with Crippen molar-refractivity contribution in [2.24, 2.45) is 0 Å². The van der Waals surface area contributed by atoms with Crippen LogP contribution < -0.4 is 0 Å². The molecule has 0 aliphatic carbocycles. The molecule has 8 heteroatoms. The summed E-state index contributed by atoms with van der Waals surface area (Å²) in [6.07, 6.45) is 6.29. The number of aromatic nitrogens is 7. The maximum Gasteiger partial charge on any atom is 0.183 e. The largest absolute Gasteiger partial charge is 0.381 e. The molecule has 5 rings (SSSR count). The summed E-state index contributed by atoms with van der Waals surface area (Å²) in [6.45, 7) is 7.60. The highest BCUT2D eigenvalue weighted by Gasteiger charge is 2.15. The molecule has 0 unspecified atom stereocenters. The normalized spacial score (nSPS) is 11.4. The Morgan fingerprint density at radius 1 is 0.914 bits per heavy atom. The first-order chi connectivity index (χ1) is 17.1. The predicted octanol–water partition coefficient (Wildman–Crippen LogP) is 5.04.